The first-order chi connectivity index (χ1) is 9.08. The Kier molecular flexibility index (Phi) is 9.59. The molecular formula is C14H28ClN3O2. The summed E-state index contributed by atoms with van der Waals surface area (Å²) in [5.74, 6) is 0.137. The summed E-state index contributed by atoms with van der Waals surface area (Å²) in [6.07, 6.45) is 3.86. The molecule has 1 rings (SSSR count). The molecule has 0 aromatic carbocycles. The van der Waals surface area contributed by atoms with E-state index in [1.165, 1.54) is 0 Å². The van der Waals surface area contributed by atoms with Gasteiger partial charge >= 0.3 is 0 Å². The molecule has 6 heteroatoms. The first kappa shape index (κ1) is 19.2. The minimum Gasteiger partial charge on any atom is -0.353 e. The van der Waals surface area contributed by atoms with E-state index in [0.29, 0.717) is 13.1 Å². The van der Waals surface area contributed by atoms with Crippen molar-refractivity contribution >= 4 is 24.2 Å². The summed E-state index contributed by atoms with van der Waals surface area (Å²) in [5, 5.41) is 5.92. The van der Waals surface area contributed by atoms with Gasteiger partial charge < -0.3 is 15.5 Å². The van der Waals surface area contributed by atoms with E-state index in [9.17, 15) is 9.59 Å². The molecule has 1 aliphatic heterocycles. The van der Waals surface area contributed by atoms with Gasteiger partial charge in [0, 0.05) is 19.1 Å². The zero-order valence-corrected chi connectivity index (χ0v) is 13.6. The molecule has 1 aliphatic rings. The topological polar surface area (TPSA) is 61.4 Å². The van der Waals surface area contributed by atoms with E-state index < -0.39 is 0 Å². The third-order valence-corrected chi connectivity index (χ3v) is 3.58. The second-order valence-electron chi connectivity index (χ2n) is 5.41. The smallest absolute Gasteiger partial charge is 0.236 e. The molecule has 118 valence electrons. The maximum absolute atomic E-state index is 12.1. The first-order valence-electron chi connectivity index (χ1n) is 7.31. The molecule has 0 radical (unpaired) electrons. The standard InChI is InChI=1S/C14H27N3O2.ClH/c1-4-6-11(2)16-14(19)12-7-5-8-17(10-12)13(18)9-15-3;/h11-12,15H,4-10H2,1-3H3,(H,16,19);1H. The highest BCUT2D eigenvalue weighted by Crippen LogP contribution is 2.17. The van der Waals surface area contributed by atoms with E-state index in [-0.39, 0.29) is 36.2 Å². The number of piperidine rings is 1. The Balaban J connectivity index is 0.00000361. The molecule has 2 atom stereocenters. The normalized spacial score (nSPS) is 19.9. The van der Waals surface area contributed by atoms with Crippen molar-refractivity contribution in [2.24, 2.45) is 5.92 Å². The van der Waals surface area contributed by atoms with Crippen LogP contribution in [0, 0.1) is 5.92 Å². The number of nitrogens with one attached hydrogen (secondary N) is 2. The van der Waals surface area contributed by atoms with Crippen molar-refractivity contribution in [2.75, 3.05) is 26.7 Å². The minimum atomic E-state index is -0.0473. The summed E-state index contributed by atoms with van der Waals surface area (Å²) in [6, 6.07) is 0.223. The van der Waals surface area contributed by atoms with E-state index in [1.54, 1.807) is 11.9 Å². The lowest BCUT2D eigenvalue weighted by atomic mass is 9.96. The average molecular weight is 306 g/mol. The van der Waals surface area contributed by atoms with Gasteiger partial charge in [-0.3, -0.25) is 9.59 Å². The zero-order valence-electron chi connectivity index (χ0n) is 12.8. The number of carbonyl (C=O) groups excluding carboxylic acids is 2. The molecule has 2 unspecified atom stereocenters. The SMILES string of the molecule is CCCC(C)NC(=O)C1CCCN(C(=O)CNC)C1.Cl. The van der Waals surface area contributed by atoms with Crippen LogP contribution in [-0.2, 0) is 9.59 Å². The molecule has 0 aromatic heterocycles. The predicted molar refractivity (Wildman–Crippen MR) is 83.0 cm³/mol. The van der Waals surface area contributed by atoms with E-state index >= 15 is 0 Å². The molecule has 0 aromatic rings. The summed E-state index contributed by atoms with van der Waals surface area (Å²) < 4.78 is 0. The third kappa shape index (κ3) is 6.09. The molecule has 0 aliphatic carbocycles. The van der Waals surface area contributed by atoms with Crippen molar-refractivity contribution in [3.8, 4) is 0 Å². The van der Waals surface area contributed by atoms with Crippen molar-refractivity contribution in [1.82, 2.24) is 15.5 Å². The van der Waals surface area contributed by atoms with E-state index in [4.69, 9.17) is 0 Å². The monoisotopic (exact) mass is 305 g/mol. The van der Waals surface area contributed by atoms with Gasteiger partial charge in [0.05, 0.1) is 12.5 Å². The lowest BCUT2D eigenvalue weighted by Gasteiger charge is -2.32. The molecule has 5 nitrogen and oxygen atoms in total. The lowest BCUT2D eigenvalue weighted by molar-refractivity contribution is -0.135. The average Bonchev–Trinajstić information content (AvgIpc) is 2.39. The fourth-order valence-electron chi connectivity index (χ4n) is 2.55. The van der Waals surface area contributed by atoms with Crippen LogP contribution in [0.1, 0.15) is 39.5 Å². The second kappa shape index (κ2) is 10.00. The highest BCUT2D eigenvalue weighted by Gasteiger charge is 2.28. The molecule has 2 amide bonds. The molecule has 1 fully saturated rings. The quantitative estimate of drug-likeness (QED) is 0.774. The van der Waals surface area contributed by atoms with Gasteiger partial charge in [-0.1, -0.05) is 13.3 Å². The van der Waals surface area contributed by atoms with Gasteiger partial charge in [-0.15, -0.1) is 12.4 Å². The van der Waals surface area contributed by atoms with Gasteiger partial charge in [-0.05, 0) is 33.2 Å². The highest BCUT2D eigenvalue weighted by molar-refractivity contribution is 5.85. The lowest BCUT2D eigenvalue weighted by Crippen LogP contribution is -2.48. The number of rotatable bonds is 6. The van der Waals surface area contributed by atoms with Gasteiger partial charge in [-0.25, -0.2) is 0 Å². The number of amides is 2. The Morgan fingerprint density at radius 2 is 2.10 bits per heavy atom. The number of hydrogen-bond donors (Lipinski definition) is 2. The highest BCUT2D eigenvalue weighted by atomic mass is 35.5. The molecule has 0 bridgehead atoms. The predicted octanol–water partition coefficient (Wildman–Crippen LogP) is 1.17. The second-order valence-corrected chi connectivity index (χ2v) is 5.41. The fraction of sp³-hybridized carbons (Fsp3) is 0.857. The Hall–Kier alpha value is -0.810. The zero-order chi connectivity index (χ0) is 14.3. The van der Waals surface area contributed by atoms with Crippen molar-refractivity contribution in [2.45, 2.75) is 45.6 Å². The molecule has 2 N–H and O–H groups in total. The summed E-state index contributed by atoms with van der Waals surface area (Å²) in [4.78, 5) is 25.8. The van der Waals surface area contributed by atoms with Crippen LogP contribution in [0.2, 0.25) is 0 Å². The van der Waals surface area contributed by atoms with Crippen LogP contribution in [-0.4, -0.2) is 49.4 Å². The fourth-order valence-corrected chi connectivity index (χ4v) is 2.55. The van der Waals surface area contributed by atoms with Gasteiger partial charge in [0.1, 0.15) is 0 Å². The third-order valence-electron chi connectivity index (χ3n) is 3.58. The van der Waals surface area contributed by atoms with Gasteiger partial charge in [-0.2, -0.15) is 0 Å². The summed E-state index contributed by atoms with van der Waals surface area (Å²) in [6.45, 7) is 5.83. The molecule has 20 heavy (non-hydrogen) atoms. The van der Waals surface area contributed by atoms with E-state index in [0.717, 1.165) is 32.2 Å². The number of likely N-dealkylation sites (tertiary alicyclic amines) is 1. The number of carbonyl (C=O) groups is 2. The number of halogens is 1. The van der Waals surface area contributed by atoms with Gasteiger partial charge in [0.15, 0.2) is 0 Å². The molecular weight excluding hydrogens is 278 g/mol. The maximum Gasteiger partial charge on any atom is 0.236 e. The van der Waals surface area contributed by atoms with Crippen LogP contribution in [0.15, 0.2) is 0 Å². The van der Waals surface area contributed by atoms with Crippen LogP contribution in [0.5, 0.6) is 0 Å². The molecule has 0 saturated carbocycles. The van der Waals surface area contributed by atoms with Crippen molar-refractivity contribution in [3.05, 3.63) is 0 Å². The van der Waals surface area contributed by atoms with Crippen molar-refractivity contribution in [3.63, 3.8) is 0 Å². The minimum absolute atomic E-state index is 0. The van der Waals surface area contributed by atoms with Crippen LogP contribution in [0.3, 0.4) is 0 Å². The summed E-state index contributed by atoms with van der Waals surface area (Å²) in [7, 11) is 1.76. The Bertz CT molecular complexity index is 313. The summed E-state index contributed by atoms with van der Waals surface area (Å²) in [5.41, 5.74) is 0. The van der Waals surface area contributed by atoms with Crippen LogP contribution in [0.4, 0.5) is 0 Å². The van der Waals surface area contributed by atoms with Gasteiger partial charge in [0.2, 0.25) is 11.8 Å². The molecule has 1 heterocycles. The Morgan fingerprint density at radius 3 is 2.70 bits per heavy atom. The molecule has 0 spiro atoms. The number of hydrogen-bond acceptors (Lipinski definition) is 3. The van der Waals surface area contributed by atoms with Crippen LogP contribution in [0.25, 0.3) is 0 Å². The number of nitrogens with zero attached hydrogens (tertiary/aromatic N) is 1. The van der Waals surface area contributed by atoms with Crippen LogP contribution >= 0.6 is 12.4 Å². The molecule has 1 saturated heterocycles. The van der Waals surface area contributed by atoms with Crippen LogP contribution < -0.4 is 10.6 Å². The van der Waals surface area contributed by atoms with Gasteiger partial charge in [0.25, 0.3) is 0 Å². The van der Waals surface area contributed by atoms with Crippen molar-refractivity contribution in [1.29, 1.82) is 0 Å². The maximum atomic E-state index is 12.1. The Labute approximate surface area is 128 Å². The first-order valence-corrected chi connectivity index (χ1v) is 7.31. The summed E-state index contributed by atoms with van der Waals surface area (Å²) >= 11 is 0. The van der Waals surface area contributed by atoms with E-state index in [2.05, 4.69) is 17.6 Å². The number of likely N-dealkylation sites (N-methyl/N-ethyl adjacent to an activating group) is 1. The Morgan fingerprint density at radius 1 is 1.40 bits per heavy atom. The van der Waals surface area contributed by atoms with Crippen molar-refractivity contribution < 1.29 is 9.59 Å². The largest absolute Gasteiger partial charge is 0.353 e. The van der Waals surface area contributed by atoms with E-state index in [1.807, 2.05) is 6.92 Å².